The quantitative estimate of drug-likeness (QED) is 0.224. The van der Waals surface area contributed by atoms with Crippen LogP contribution in [-0.4, -0.2) is 48.3 Å². The van der Waals surface area contributed by atoms with Gasteiger partial charge in [-0.05, 0) is 51.0 Å². The third kappa shape index (κ3) is 8.14. The van der Waals surface area contributed by atoms with Crippen LogP contribution in [0.4, 0.5) is 0 Å². The number of benzene rings is 1. The van der Waals surface area contributed by atoms with Crippen molar-refractivity contribution in [3.05, 3.63) is 35.9 Å². The highest BCUT2D eigenvalue weighted by Gasteiger charge is 2.39. The fraction of sp³-hybridized carbons (Fsp3) is 0.526. The van der Waals surface area contributed by atoms with Gasteiger partial charge in [0.1, 0.15) is 5.75 Å². The maximum absolute atomic E-state index is 11.8. The average Bonchev–Trinajstić information content (AvgIpc) is 2.65. The minimum absolute atomic E-state index is 0.299. The zero-order valence-electron chi connectivity index (χ0n) is 16.2. The largest absolute Gasteiger partial charge is 0.501 e. The Morgan fingerprint density at radius 2 is 1.58 bits per heavy atom. The Morgan fingerprint density at radius 3 is 2.08 bits per heavy atom. The van der Waals surface area contributed by atoms with Gasteiger partial charge in [0.05, 0.1) is 13.7 Å². The van der Waals surface area contributed by atoms with E-state index in [0.717, 1.165) is 11.3 Å². The van der Waals surface area contributed by atoms with Gasteiger partial charge in [-0.2, -0.15) is 0 Å². The normalized spacial score (nSPS) is 11.7. The highest BCUT2D eigenvalue weighted by Crippen LogP contribution is 2.18. The Hall–Kier alpha value is -1.67. The van der Waals surface area contributed by atoms with Crippen molar-refractivity contribution in [2.45, 2.75) is 33.2 Å². The topological polar surface area (TPSA) is 63.2 Å². The van der Waals surface area contributed by atoms with Gasteiger partial charge < -0.3 is 22.8 Å². The Bertz CT molecular complexity index is 526. The lowest BCUT2D eigenvalue weighted by molar-refractivity contribution is -0.137. The monoisotopic (exact) mass is 382 g/mol. The van der Waals surface area contributed by atoms with Crippen molar-refractivity contribution < 1.29 is 27.5 Å². The fourth-order valence-electron chi connectivity index (χ4n) is 2.39. The molecule has 146 valence electrons. The van der Waals surface area contributed by atoms with Crippen molar-refractivity contribution in [2.75, 3.05) is 33.5 Å². The second-order valence-electron chi connectivity index (χ2n) is 5.36. The first-order valence-corrected chi connectivity index (χ1v) is 10.9. The van der Waals surface area contributed by atoms with Gasteiger partial charge in [0.2, 0.25) is 0 Å². The van der Waals surface area contributed by atoms with Gasteiger partial charge in [0.15, 0.2) is 0 Å². The molecule has 0 fully saturated rings. The molecular formula is C19H30O6Si. The molecule has 0 saturated heterocycles. The van der Waals surface area contributed by atoms with Crippen molar-refractivity contribution in [3.8, 4) is 5.75 Å². The molecule has 1 aromatic carbocycles. The molecule has 26 heavy (non-hydrogen) atoms. The van der Waals surface area contributed by atoms with Crippen molar-refractivity contribution in [1.29, 1.82) is 0 Å². The second-order valence-corrected chi connectivity index (χ2v) is 8.09. The van der Waals surface area contributed by atoms with Gasteiger partial charge in [-0.25, -0.2) is 4.79 Å². The first kappa shape index (κ1) is 22.4. The lowest BCUT2D eigenvalue weighted by Crippen LogP contribution is -2.46. The minimum Gasteiger partial charge on any atom is -0.497 e. The third-order valence-corrected chi connectivity index (χ3v) is 6.64. The molecule has 1 aromatic rings. The van der Waals surface area contributed by atoms with Gasteiger partial charge >= 0.3 is 14.8 Å². The van der Waals surface area contributed by atoms with Crippen LogP contribution in [0.5, 0.6) is 5.75 Å². The first-order valence-electron chi connectivity index (χ1n) is 8.99. The molecule has 0 radical (unpaired) electrons. The van der Waals surface area contributed by atoms with Crippen LogP contribution in [0.1, 0.15) is 32.8 Å². The molecule has 0 aliphatic rings. The summed E-state index contributed by atoms with van der Waals surface area (Å²) in [6.45, 7) is 7.68. The third-order valence-electron chi connectivity index (χ3n) is 3.49. The molecule has 0 aromatic heterocycles. The molecule has 0 unspecified atom stereocenters. The smallest absolute Gasteiger partial charge is 0.497 e. The predicted octanol–water partition coefficient (Wildman–Crippen LogP) is 3.69. The van der Waals surface area contributed by atoms with Crippen molar-refractivity contribution in [1.82, 2.24) is 0 Å². The van der Waals surface area contributed by atoms with E-state index in [0.29, 0.717) is 38.9 Å². The van der Waals surface area contributed by atoms with E-state index in [1.54, 1.807) is 13.2 Å². The minimum atomic E-state index is -2.67. The number of carbonyl (C=O) groups excluding carboxylic acids is 1. The predicted molar refractivity (Wildman–Crippen MR) is 103 cm³/mol. The van der Waals surface area contributed by atoms with E-state index >= 15 is 0 Å². The lowest BCUT2D eigenvalue weighted by Gasteiger charge is -2.28. The molecule has 7 heteroatoms. The Labute approximate surface area is 157 Å². The Balaban J connectivity index is 2.42. The SMILES string of the molecule is CCO[Si](CCCOC(=O)C=Cc1ccc(OC)cc1)(OCC)OCC. The summed E-state index contributed by atoms with van der Waals surface area (Å²) in [5, 5.41) is 0. The van der Waals surface area contributed by atoms with Gasteiger partial charge in [-0.3, -0.25) is 0 Å². The molecule has 0 amide bonds. The molecule has 0 aliphatic carbocycles. The van der Waals surface area contributed by atoms with Crippen molar-refractivity contribution in [2.24, 2.45) is 0 Å². The summed E-state index contributed by atoms with van der Waals surface area (Å²) >= 11 is 0. The summed E-state index contributed by atoms with van der Waals surface area (Å²) in [5.41, 5.74) is 0.901. The summed E-state index contributed by atoms with van der Waals surface area (Å²) in [6, 6.07) is 8.04. The maximum atomic E-state index is 11.8. The van der Waals surface area contributed by atoms with Crippen LogP contribution >= 0.6 is 0 Å². The average molecular weight is 383 g/mol. The molecule has 0 spiro atoms. The van der Waals surface area contributed by atoms with E-state index in [2.05, 4.69) is 0 Å². The van der Waals surface area contributed by atoms with Gasteiger partial charge in [-0.1, -0.05) is 12.1 Å². The van der Waals surface area contributed by atoms with E-state index in [1.807, 2.05) is 45.0 Å². The van der Waals surface area contributed by atoms with E-state index < -0.39 is 8.80 Å². The standard InChI is InChI=1S/C19H30O6Si/c1-5-23-26(24-6-2,25-7-3)16-8-15-22-19(20)14-11-17-9-12-18(21-4)13-10-17/h9-14H,5-8,15-16H2,1-4H3. The molecule has 1 rings (SSSR count). The van der Waals surface area contributed by atoms with Gasteiger partial charge in [0.25, 0.3) is 0 Å². The molecule has 0 aliphatic heterocycles. The van der Waals surface area contributed by atoms with Gasteiger partial charge in [0, 0.05) is 31.9 Å². The molecule has 0 atom stereocenters. The van der Waals surface area contributed by atoms with Crippen molar-refractivity contribution >= 4 is 20.8 Å². The Morgan fingerprint density at radius 1 is 1.00 bits per heavy atom. The van der Waals surface area contributed by atoms with E-state index in [1.165, 1.54) is 6.08 Å². The molecular weight excluding hydrogens is 352 g/mol. The number of rotatable bonds is 13. The molecule has 6 nitrogen and oxygen atoms in total. The van der Waals surface area contributed by atoms with E-state index in [4.69, 9.17) is 22.8 Å². The highest BCUT2D eigenvalue weighted by atomic mass is 28.4. The Kier molecular flexibility index (Phi) is 10.9. The zero-order chi connectivity index (χ0) is 19.3. The van der Waals surface area contributed by atoms with Crippen LogP contribution < -0.4 is 4.74 Å². The number of esters is 1. The maximum Gasteiger partial charge on any atom is 0.501 e. The molecule has 0 bridgehead atoms. The van der Waals surface area contributed by atoms with Crippen LogP contribution in [0.3, 0.4) is 0 Å². The first-order chi connectivity index (χ1) is 12.6. The summed E-state index contributed by atoms with van der Waals surface area (Å²) < 4.78 is 27.7. The van der Waals surface area contributed by atoms with Crippen LogP contribution in [-0.2, 0) is 22.8 Å². The van der Waals surface area contributed by atoms with Gasteiger partial charge in [-0.15, -0.1) is 0 Å². The van der Waals surface area contributed by atoms with Crippen LogP contribution in [0, 0.1) is 0 Å². The number of methoxy groups -OCH3 is 1. The van der Waals surface area contributed by atoms with Crippen LogP contribution in [0.25, 0.3) is 6.08 Å². The molecule has 0 N–H and O–H groups in total. The lowest BCUT2D eigenvalue weighted by atomic mass is 10.2. The molecule has 0 saturated carbocycles. The number of hydrogen-bond acceptors (Lipinski definition) is 6. The number of hydrogen-bond donors (Lipinski definition) is 0. The number of carbonyl (C=O) groups is 1. The summed E-state index contributed by atoms with van der Waals surface area (Å²) in [6.07, 6.45) is 3.76. The van der Waals surface area contributed by atoms with Crippen LogP contribution in [0.15, 0.2) is 30.3 Å². The number of ether oxygens (including phenoxy) is 2. The van der Waals surface area contributed by atoms with Crippen LogP contribution in [0.2, 0.25) is 6.04 Å². The van der Waals surface area contributed by atoms with E-state index in [9.17, 15) is 4.79 Å². The van der Waals surface area contributed by atoms with Crippen molar-refractivity contribution in [3.63, 3.8) is 0 Å². The summed E-state index contributed by atoms with van der Waals surface area (Å²) in [4.78, 5) is 11.8. The second kappa shape index (κ2) is 12.6. The molecule has 0 heterocycles. The van der Waals surface area contributed by atoms with E-state index in [-0.39, 0.29) is 5.97 Å². The zero-order valence-corrected chi connectivity index (χ0v) is 17.2. The summed E-state index contributed by atoms with van der Waals surface area (Å²) in [7, 11) is -1.06. The fourth-order valence-corrected chi connectivity index (χ4v) is 4.97. The summed E-state index contributed by atoms with van der Waals surface area (Å²) in [5.74, 6) is 0.396. The highest BCUT2D eigenvalue weighted by molar-refractivity contribution is 6.60.